The Balaban J connectivity index is 1.03. The number of aromatic amines is 2. The summed E-state index contributed by atoms with van der Waals surface area (Å²) in [6.45, 7) is 14.3. The van der Waals surface area contributed by atoms with Gasteiger partial charge in [0.15, 0.2) is 0 Å². The number of aromatic nitrogens is 4. The third-order valence-corrected chi connectivity index (χ3v) is 13.6. The maximum absolute atomic E-state index is 13.4. The predicted octanol–water partition coefficient (Wildman–Crippen LogP) is 7.54. The minimum atomic E-state index is -0.748. The van der Waals surface area contributed by atoms with Gasteiger partial charge < -0.3 is 19.8 Å². The number of hydrogen-bond donors (Lipinski definition) is 3. The van der Waals surface area contributed by atoms with Crippen molar-refractivity contribution in [1.82, 2.24) is 29.7 Å². The van der Waals surface area contributed by atoms with E-state index in [4.69, 9.17) is 22.6 Å². The zero-order valence-electron chi connectivity index (χ0n) is 29.2. The molecule has 8 nitrogen and oxygen atoms in total. The standard InChI is InChI=1S/C39H46N6O2S2/c1-23(2)25(5)35(46)45-20-8-18-39(45,48)37-42-29-17-14-27(21-30(29)43-37)11-10-26-12-15-28(16-13-26)31-22-40-34(41-31)32-9-7-19-44(32)36(47)33-38(6,49-33)24(3)4/h12-17,21-25,32-33,48H,7-9,18-20H2,1-6H3,(H,40,41)(H,42,43). The Kier molecular flexibility index (Phi) is 8.89. The van der Waals surface area contributed by atoms with Crippen molar-refractivity contribution in [2.75, 3.05) is 13.1 Å². The van der Waals surface area contributed by atoms with Crippen LogP contribution in [0, 0.1) is 29.6 Å². The molecule has 3 aliphatic heterocycles. The summed E-state index contributed by atoms with van der Waals surface area (Å²) in [5.41, 5.74) is 5.46. The van der Waals surface area contributed by atoms with Crippen LogP contribution < -0.4 is 0 Å². The van der Waals surface area contributed by atoms with Gasteiger partial charge >= 0.3 is 0 Å². The Morgan fingerprint density at radius 1 is 1.00 bits per heavy atom. The highest BCUT2D eigenvalue weighted by Crippen LogP contribution is 2.59. The maximum atomic E-state index is 13.4. The number of rotatable bonds is 7. The van der Waals surface area contributed by atoms with Gasteiger partial charge in [-0.2, -0.15) is 0 Å². The van der Waals surface area contributed by atoms with Crippen LogP contribution in [0.15, 0.2) is 48.7 Å². The van der Waals surface area contributed by atoms with Gasteiger partial charge in [0.2, 0.25) is 11.8 Å². The SMILES string of the molecule is CC(C)C(C)C(=O)N1CCCC1(S)c1nc2ccc(C#Cc3ccc(-c4cnc(C5CCCN5C(=O)C5SC5(C)C(C)C)[nH]4)cc3)cc2[nH]1. The van der Waals surface area contributed by atoms with E-state index in [0.717, 1.165) is 71.5 Å². The molecule has 3 aliphatic rings. The first-order chi connectivity index (χ1) is 23.4. The second kappa shape index (κ2) is 12.9. The third kappa shape index (κ3) is 6.18. The Morgan fingerprint density at radius 2 is 1.73 bits per heavy atom. The molecule has 2 N–H and O–H groups in total. The van der Waals surface area contributed by atoms with Crippen LogP contribution in [0.25, 0.3) is 22.3 Å². The molecule has 0 bridgehead atoms. The van der Waals surface area contributed by atoms with E-state index in [1.807, 2.05) is 53.3 Å². The zero-order valence-corrected chi connectivity index (χ0v) is 30.9. The zero-order chi connectivity index (χ0) is 34.7. The highest BCUT2D eigenvalue weighted by Gasteiger charge is 2.59. The minimum Gasteiger partial charge on any atom is -0.340 e. The van der Waals surface area contributed by atoms with Crippen LogP contribution in [0.1, 0.15) is 96.0 Å². The normalized spacial score (nSPS) is 25.7. The largest absolute Gasteiger partial charge is 0.340 e. The van der Waals surface area contributed by atoms with Gasteiger partial charge in [-0.3, -0.25) is 9.59 Å². The average molecular weight is 695 g/mol. The van der Waals surface area contributed by atoms with E-state index in [0.29, 0.717) is 18.3 Å². The fourth-order valence-electron chi connectivity index (χ4n) is 7.10. The van der Waals surface area contributed by atoms with Crippen molar-refractivity contribution in [2.45, 2.75) is 88.1 Å². The second-order valence-corrected chi connectivity index (χ2v) is 17.1. The molecule has 7 rings (SSSR count). The number of carbonyl (C=O) groups excluding carboxylic acids is 2. The number of thiol groups is 1. The molecule has 0 radical (unpaired) electrons. The molecule has 2 amide bonds. The van der Waals surface area contributed by atoms with Gasteiger partial charge in [0.1, 0.15) is 16.5 Å². The maximum Gasteiger partial charge on any atom is 0.237 e. The summed E-state index contributed by atoms with van der Waals surface area (Å²) in [5, 5.41) is 0.0495. The van der Waals surface area contributed by atoms with E-state index < -0.39 is 4.87 Å². The summed E-state index contributed by atoms with van der Waals surface area (Å²) in [5.74, 6) is 9.20. The number of benzene rings is 2. The molecule has 4 aromatic rings. The number of nitrogens with zero attached hydrogens (tertiary/aromatic N) is 4. The fourth-order valence-corrected chi connectivity index (χ4v) is 8.88. The Labute approximate surface area is 299 Å². The van der Waals surface area contributed by atoms with Gasteiger partial charge in [-0.25, -0.2) is 9.97 Å². The Hall–Kier alpha value is -3.68. The summed E-state index contributed by atoms with van der Waals surface area (Å²) in [6.07, 6.45) is 5.45. The number of nitrogens with one attached hydrogen (secondary N) is 2. The van der Waals surface area contributed by atoms with Crippen LogP contribution >= 0.6 is 24.4 Å². The fraction of sp³-hybridized carbons (Fsp3) is 0.487. The molecule has 5 atom stereocenters. The molecular weight excluding hydrogens is 649 g/mol. The molecular formula is C39H46N6O2S2. The summed E-state index contributed by atoms with van der Waals surface area (Å²) >= 11 is 6.85. The molecule has 3 saturated heterocycles. The molecule has 0 aliphatic carbocycles. The molecule has 49 heavy (non-hydrogen) atoms. The Bertz CT molecular complexity index is 1950. The van der Waals surface area contributed by atoms with Crippen LogP contribution in [-0.2, 0) is 14.5 Å². The van der Waals surface area contributed by atoms with Gasteiger partial charge in [-0.15, -0.1) is 24.4 Å². The number of amides is 2. The van der Waals surface area contributed by atoms with Crippen molar-refractivity contribution >= 4 is 47.2 Å². The van der Waals surface area contributed by atoms with Gasteiger partial charge in [-0.05, 0) is 80.3 Å². The van der Waals surface area contributed by atoms with Crippen LogP contribution in [0.5, 0.6) is 0 Å². The lowest BCUT2D eigenvalue weighted by Crippen LogP contribution is -2.45. The van der Waals surface area contributed by atoms with Crippen LogP contribution in [0.4, 0.5) is 0 Å². The van der Waals surface area contributed by atoms with Gasteiger partial charge in [0.25, 0.3) is 0 Å². The van der Waals surface area contributed by atoms with Crippen LogP contribution in [0.2, 0.25) is 0 Å². The Morgan fingerprint density at radius 3 is 2.45 bits per heavy atom. The molecule has 0 saturated carbocycles. The lowest BCUT2D eigenvalue weighted by Gasteiger charge is -2.35. The number of H-pyrrole nitrogens is 2. The molecule has 3 fully saturated rings. The topological polar surface area (TPSA) is 98.0 Å². The van der Waals surface area contributed by atoms with Gasteiger partial charge in [0.05, 0.1) is 34.2 Å². The first kappa shape index (κ1) is 33.8. The van der Waals surface area contributed by atoms with E-state index in [9.17, 15) is 9.59 Å². The summed E-state index contributed by atoms with van der Waals surface area (Å²) < 4.78 is 0.0419. The van der Waals surface area contributed by atoms with Crippen molar-refractivity contribution in [1.29, 1.82) is 0 Å². The molecule has 256 valence electrons. The van der Waals surface area contributed by atoms with Crippen LogP contribution in [-0.4, -0.2) is 64.6 Å². The van der Waals surface area contributed by atoms with Gasteiger partial charge in [0, 0.05) is 34.9 Å². The second-order valence-electron chi connectivity index (χ2n) is 14.8. The van der Waals surface area contributed by atoms with E-state index in [-0.39, 0.29) is 39.7 Å². The lowest BCUT2D eigenvalue weighted by atomic mass is 9.94. The number of imidazole rings is 2. The molecule has 5 heterocycles. The molecule has 0 spiro atoms. The number of carbonyl (C=O) groups is 2. The number of likely N-dealkylation sites (tertiary alicyclic amines) is 2. The van der Waals surface area contributed by atoms with Crippen molar-refractivity contribution in [3.8, 4) is 23.1 Å². The first-order valence-corrected chi connectivity index (χ1v) is 18.9. The first-order valence-electron chi connectivity index (χ1n) is 17.6. The van der Waals surface area contributed by atoms with Crippen molar-refractivity contribution < 1.29 is 9.59 Å². The lowest BCUT2D eigenvalue weighted by molar-refractivity contribution is -0.138. The van der Waals surface area contributed by atoms with Crippen molar-refractivity contribution in [3.05, 3.63) is 71.4 Å². The summed E-state index contributed by atoms with van der Waals surface area (Å²) in [7, 11) is 0. The monoisotopic (exact) mass is 694 g/mol. The van der Waals surface area contributed by atoms with E-state index in [1.54, 1.807) is 11.8 Å². The number of thioether (sulfide) groups is 1. The number of fused-ring (bicyclic) bond motifs is 1. The summed E-state index contributed by atoms with van der Waals surface area (Å²) in [4.78, 5) is 46.5. The summed E-state index contributed by atoms with van der Waals surface area (Å²) in [6, 6.07) is 14.1. The van der Waals surface area contributed by atoms with Gasteiger partial charge in [-0.1, -0.05) is 58.6 Å². The smallest absolute Gasteiger partial charge is 0.237 e. The van der Waals surface area contributed by atoms with Crippen molar-refractivity contribution in [3.63, 3.8) is 0 Å². The number of hydrogen-bond acceptors (Lipinski definition) is 6. The highest BCUT2D eigenvalue weighted by molar-refractivity contribution is 8.09. The quantitative estimate of drug-likeness (QED) is 0.106. The van der Waals surface area contributed by atoms with Crippen LogP contribution in [0.3, 0.4) is 0 Å². The predicted molar refractivity (Wildman–Crippen MR) is 200 cm³/mol. The molecule has 10 heteroatoms. The molecule has 2 aromatic carbocycles. The van der Waals surface area contributed by atoms with E-state index in [1.165, 1.54) is 0 Å². The van der Waals surface area contributed by atoms with E-state index >= 15 is 0 Å². The molecule has 5 unspecified atom stereocenters. The van der Waals surface area contributed by atoms with E-state index in [2.05, 4.69) is 68.6 Å². The van der Waals surface area contributed by atoms with Crippen molar-refractivity contribution in [2.24, 2.45) is 17.8 Å². The molecule has 2 aromatic heterocycles. The third-order valence-electron chi connectivity index (χ3n) is 11.1. The minimum absolute atomic E-state index is 0.00116. The average Bonchev–Trinajstić information content (AvgIpc) is 3.67. The highest BCUT2D eigenvalue weighted by atomic mass is 32.2.